The van der Waals surface area contributed by atoms with Gasteiger partial charge in [0.15, 0.2) is 11.3 Å². The molecular weight excluding hydrogens is 1020 g/mol. The van der Waals surface area contributed by atoms with Crippen molar-refractivity contribution in [1.82, 2.24) is 64.4 Å². The van der Waals surface area contributed by atoms with E-state index < -0.39 is 7.12 Å². The molecule has 384 valence electrons. The van der Waals surface area contributed by atoms with E-state index in [2.05, 4.69) is 117 Å². The van der Waals surface area contributed by atoms with Gasteiger partial charge in [0.25, 0.3) is 0 Å². The van der Waals surface area contributed by atoms with Crippen LogP contribution in [-0.2, 0) is 28.9 Å². The van der Waals surface area contributed by atoms with Crippen LogP contribution >= 0.6 is 15.9 Å². The average molecular weight is 1080 g/mol. The third kappa shape index (κ3) is 12.2. The van der Waals surface area contributed by atoms with E-state index in [1.54, 1.807) is 70.0 Å². The smallest absolute Gasteiger partial charge is 0.496 e. The number of aliphatic imine (C=N–C) groups is 1. The van der Waals surface area contributed by atoms with Gasteiger partial charge in [0, 0.05) is 94.4 Å². The molecule has 0 amide bonds. The first-order chi connectivity index (χ1) is 36.7. The molecule has 12 rings (SSSR count). The van der Waals surface area contributed by atoms with Crippen LogP contribution in [0, 0.1) is 13.8 Å². The number of halogens is 1. The van der Waals surface area contributed by atoms with Gasteiger partial charge in [-0.15, -0.1) is 0 Å². The number of aromatic nitrogens is 13. The number of benzene rings is 2. The minimum atomic E-state index is -0.425. The van der Waals surface area contributed by atoms with Crippen molar-refractivity contribution in [2.24, 2.45) is 4.99 Å². The Morgan fingerprint density at radius 2 is 1.05 bits per heavy atom. The molecule has 2 aromatic carbocycles. The Morgan fingerprint density at radius 1 is 0.566 bits per heavy atom. The van der Waals surface area contributed by atoms with Crippen LogP contribution < -0.4 is 14.9 Å². The van der Waals surface area contributed by atoms with Gasteiger partial charge in [-0.1, -0.05) is 24.3 Å². The van der Waals surface area contributed by atoms with Crippen molar-refractivity contribution in [2.75, 3.05) is 14.2 Å². The molecule has 1 fully saturated rings. The number of pyridine rings is 3. The first-order valence-corrected chi connectivity index (χ1v) is 25.2. The monoisotopic (exact) mass is 1080 g/mol. The number of rotatable bonds is 9. The molecule has 20 heteroatoms. The fourth-order valence-electron chi connectivity index (χ4n) is 8.24. The van der Waals surface area contributed by atoms with Crippen molar-refractivity contribution >= 4 is 56.3 Å². The molecule has 18 nitrogen and oxygen atoms in total. The Kier molecular flexibility index (Phi) is 16.0. The van der Waals surface area contributed by atoms with Gasteiger partial charge in [0.05, 0.1) is 92.1 Å². The molecule has 0 radical (unpaired) electrons. The number of hydrogen-bond donors (Lipinski definition) is 0. The van der Waals surface area contributed by atoms with E-state index in [0.717, 1.165) is 106 Å². The van der Waals surface area contributed by atoms with Gasteiger partial charge in [-0.2, -0.15) is 10.2 Å². The van der Waals surface area contributed by atoms with Gasteiger partial charge in [-0.05, 0) is 118 Å². The van der Waals surface area contributed by atoms with Crippen molar-refractivity contribution in [3.8, 4) is 34.0 Å². The lowest BCUT2D eigenvalue weighted by Gasteiger charge is -2.32. The molecule has 8 aromatic heterocycles. The van der Waals surface area contributed by atoms with Crippen LogP contribution in [0.4, 0.5) is 0 Å². The number of methoxy groups -OCH3 is 2. The van der Waals surface area contributed by atoms with Crippen molar-refractivity contribution in [1.29, 1.82) is 0 Å². The topological polar surface area (TPSA) is 201 Å². The van der Waals surface area contributed by atoms with E-state index in [9.17, 15) is 0 Å². The van der Waals surface area contributed by atoms with Crippen molar-refractivity contribution in [3.05, 3.63) is 179 Å². The van der Waals surface area contributed by atoms with Gasteiger partial charge < -0.3 is 18.8 Å². The van der Waals surface area contributed by atoms with Crippen LogP contribution in [0.1, 0.15) is 68.4 Å². The summed E-state index contributed by atoms with van der Waals surface area (Å²) in [7, 11) is 2.91. The standard InChI is InChI=1S/C21H26BN3O3.C19H17N5O.C12H10N4.C4H3BrN2/c1-14-18-11-16(22-27-20(2,3)21(4,5)28-22)12-23-19(18)25(24-14)13-15-7-9-17(26-6)10-8-15;1-13-17-9-15(18-11-20-7-8-21-18)10-22-19(17)24(23-13)12-14-3-5-16(25-2)6-4-14;1-8-10-4-9(5-16-12(10)7-15-8)11-6-13-2-3-14-11;5-4-3-6-1-2-7-4/h7-12H,13H2,1-6H3;3-11H,12H2,1-2H3;2-6H,7H2,1H3;1-3H. The maximum absolute atomic E-state index is 6.16. The maximum Gasteiger partial charge on any atom is 0.496 e. The predicted molar refractivity (Wildman–Crippen MR) is 296 cm³/mol. The van der Waals surface area contributed by atoms with E-state index >= 15 is 0 Å². The van der Waals surface area contributed by atoms with Crippen LogP contribution in [0.3, 0.4) is 0 Å². The van der Waals surface area contributed by atoms with Gasteiger partial charge in [0.2, 0.25) is 0 Å². The number of nitrogens with zero attached hydrogens (tertiary/aromatic N) is 14. The number of fused-ring (bicyclic) bond motifs is 3. The van der Waals surface area contributed by atoms with Crippen LogP contribution in [0.5, 0.6) is 11.5 Å². The highest BCUT2D eigenvalue weighted by Gasteiger charge is 2.52. The highest BCUT2D eigenvalue weighted by Crippen LogP contribution is 2.37. The minimum absolute atomic E-state index is 0.375. The molecule has 10 heterocycles. The summed E-state index contributed by atoms with van der Waals surface area (Å²) >= 11 is 3.14. The van der Waals surface area contributed by atoms with Crippen molar-refractivity contribution in [2.45, 2.75) is 79.3 Å². The normalized spacial score (nSPS) is 13.9. The quantitative estimate of drug-likeness (QED) is 0.124. The number of hydrogen-bond acceptors (Lipinski definition) is 16. The highest BCUT2D eigenvalue weighted by molar-refractivity contribution is 9.10. The summed E-state index contributed by atoms with van der Waals surface area (Å²) in [5.74, 6) is 1.69. The lowest BCUT2D eigenvalue weighted by atomic mass is 9.80. The maximum atomic E-state index is 6.16. The zero-order chi connectivity index (χ0) is 53.4. The summed E-state index contributed by atoms with van der Waals surface area (Å²) in [6.07, 6.45) is 20.5. The SMILES string of the molecule is Brc1cnccn1.CC1=NCc2ncc(-c3cnccn3)cc21.COc1ccc(Cn2nc(C)c3cc(-c4cnccn4)cnc32)cc1.COc1ccc(Cn2nc(C)c3cc(B4OC(C)(C)C(C)(C)O4)cnc32)cc1. The summed E-state index contributed by atoms with van der Waals surface area (Å²) in [6, 6.07) is 22.2. The van der Waals surface area contributed by atoms with E-state index in [0.29, 0.717) is 19.6 Å². The second-order valence-corrected chi connectivity index (χ2v) is 19.6. The summed E-state index contributed by atoms with van der Waals surface area (Å²) in [4.78, 5) is 42.4. The molecule has 0 N–H and O–H groups in total. The Hall–Kier alpha value is -8.20. The molecule has 0 unspecified atom stereocenters. The van der Waals surface area contributed by atoms with Crippen molar-refractivity contribution < 1.29 is 18.8 Å². The average Bonchev–Trinajstić information content (AvgIpc) is 4.14. The van der Waals surface area contributed by atoms with E-state index in [4.69, 9.17) is 23.9 Å². The lowest BCUT2D eigenvalue weighted by Crippen LogP contribution is -2.41. The molecule has 76 heavy (non-hydrogen) atoms. The first-order valence-electron chi connectivity index (χ1n) is 24.4. The third-order valence-electron chi connectivity index (χ3n) is 13.1. The molecule has 0 saturated carbocycles. The van der Waals surface area contributed by atoms with E-state index in [1.165, 1.54) is 0 Å². The molecule has 2 aliphatic rings. The first kappa shape index (κ1) is 52.7. The van der Waals surface area contributed by atoms with Crippen LogP contribution in [0.25, 0.3) is 44.6 Å². The van der Waals surface area contributed by atoms with Gasteiger partial charge in [-0.3, -0.25) is 34.9 Å². The van der Waals surface area contributed by atoms with Crippen LogP contribution in [0.15, 0.2) is 151 Å². The largest absolute Gasteiger partial charge is 0.497 e. The van der Waals surface area contributed by atoms with Gasteiger partial charge in [0.1, 0.15) is 16.1 Å². The third-order valence-corrected chi connectivity index (χ3v) is 13.6. The molecular formula is C56H56BBrN14O4. The highest BCUT2D eigenvalue weighted by atomic mass is 79.9. The molecule has 1 saturated heterocycles. The van der Waals surface area contributed by atoms with E-state index in [1.807, 2.05) is 97.3 Å². The molecule has 0 aliphatic carbocycles. The number of aryl methyl sites for hydroxylation is 2. The Balaban J connectivity index is 0.000000134. The summed E-state index contributed by atoms with van der Waals surface area (Å²) in [6.45, 7) is 16.2. The minimum Gasteiger partial charge on any atom is -0.497 e. The van der Waals surface area contributed by atoms with E-state index in [-0.39, 0.29) is 11.2 Å². The predicted octanol–water partition coefficient (Wildman–Crippen LogP) is 9.45. The zero-order valence-corrected chi connectivity index (χ0v) is 45.3. The summed E-state index contributed by atoms with van der Waals surface area (Å²) in [5, 5.41) is 11.4. The summed E-state index contributed by atoms with van der Waals surface area (Å²) in [5.41, 5.74) is 12.9. The van der Waals surface area contributed by atoms with Gasteiger partial charge >= 0.3 is 7.12 Å². The second kappa shape index (κ2) is 23.1. The van der Waals surface area contributed by atoms with Crippen LogP contribution in [-0.4, -0.2) is 103 Å². The Morgan fingerprint density at radius 3 is 1.53 bits per heavy atom. The fraction of sp³-hybridized carbons (Fsp3) is 0.250. The molecule has 2 aliphatic heterocycles. The molecule has 0 spiro atoms. The molecule has 0 bridgehead atoms. The lowest BCUT2D eigenvalue weighted by molar-refractivity contribution is 0.00578. The Bertz CT molecular complexity index is 3590. The zero-order valence-electron chi connectivity index (χ0n) is 43.7. The Labute approximate surface area is 449 Å². The molecule has 10 aromatic rings. The molecule has 0 atom stereocenters. The second-order valence-electron chi connectivity index (χ2n) is 18.8. The number of ether oxygens (including phenoxy) is 2. The van der Waals surface area contributed by atoms with Gasteiger partial charge in [-0.25, -0.2) is 24.3 Å². The van der Waals surface area contributed by atoms with Crippen molar-refractivity contribution in [3.63, 3.8) is 0 Å². The fourth-order valence-corrected chi connectivity index (χ4v) is 8.48. The van der Waals surface area contributed by atoms with Crippen LogP contribution in [0.2, 0.25) is 0 Å². The summed E-state index contributed by atoms with van der Waals surface area (Å²) < 4.78 is 27.4.